The lowest BCUT2D eigenvalue weighted by atomic mass is 9.95. The summed E-state index contributed by atoms with van der Waals surface area (Å²) < 4.78 is 14.7. The van der Waals surface area contributed by atoms with Crippen LogP contribution >= 0.6 is 11.6 Å². The predicted molar refractivity (Wildman–Crippen MR) is 164 cm³/mol. The summed E-state index contributed by atoms with van der Waals surface area (Å²) in [5.41, 5.74) is 4.80. The molecule has 0 aliphatic rings. The average Bonchev–Trinajstić information content (AvgIpc) is 3.32. The van der Waals surface area contributed by atoms with E-state index >= 15 is 0 Å². The molecule has 0 bridgehead atoms. The molecule has 43 heavy (non-hydrogen) atoms. The van der Waals surface area contributed by atoms with Crippen molar-refractivity contribution in [3.05, 3.63) is 128 Å². The van der Waals surface area contributed by atoms with Gasteiger partial charge >= 0.3 is 17.7 Å². The van der Waals surface area contributed by atoms with Gasteiger partial charge in [0, 0.05) is 29.1 Å². The number of pyridine rings is 1. The third-order valence-corrected chi connectivity index (χ3v) is 7.58. The quantitative estimate of drug-likeness (QED) is 0.192. The average molecular weight is 594 g/mol. The van der Waals surface area contributed by atoms with Crippen LogP contribution in [0.25, 0.3) is 44.3 Å². The number of aryl methyl sites for hydroxylation is 1. The smallest absolute Gasteiger partial charge is 0.507 e. The van der Waals surface area contributed by atoms with Crippen LogP contribution in [0.15, 0.2) is 109 Å². The maximum absolute atomic E-state index is 13.1. The first-order valence-electron chi connectivity index (χ1n) is 13.4. The summed E-state index contributed by atoms with van der Waals surface area (Å²) in [5, 5.41) is 11.9. The Morgan fingerprint density at radius 3 is 2.28 bits per heavy atom. The van der Waals surface area contributed by atoms with E-state index in [1.54, 1.807) is 49.4 Å². The fraction of sp³-hybridized carbons (Fsp3) is 0.0882. The number of benzene rings is 4. The van der Waals surface area contributed by atoms with Gasteiger partial charge in [-0.25, -0.2) is 4.79 Å². The standard InChI is InChI=1S/C34H24ClNO7/c1-18(32(39)42-33-19(2)41-34(40)43-33)21-9-6-10-22(13-21)27-15-24-14-26(28(35)17-29(24)36-31(27)38)23-11-12-25(30(37)16-23)20-7-4-3-5-8-20/h3-18,37H,1-2H3,(H,36,38). The van der Waals surface area contributed by atoms with Crippen molar-refractivity contribution in [2.45, 2.75) is 19.8 Å². The molecule has 2 aromatic heterocycles. The molecule has 0 fully saturated rings. The molecule has 0 saturated heterocycles. The summed E-state index contributed by atoms with van der Waals surface area (Å²) in [6.45, 7) is 3.10. The molecule has 2 heterocycles. The van der Waals surface area contributed by atoms with Crippen LogP contribution in [0.1, 0.15) is 24.2 Å². The summed E-state index contributed by atoms with van der Waals surface area (Å²) >= 11 is 6.63. The van der Waals surface area contributed by atoms with Crippen molar-refractivity contribution in [3.63, 3.8) is 0 Å². The number of aromatic amines is 1. The second kappa shape index (κ2) is 11.2. The van der Waals surface area contributed by atoms with Gasteiger partial charge in [-0.1, -0.05) is 78.3 Å². The lowest BCUT2D eigenvalue weighted by molar-refractivity contribution is -0.137. The maximum Gasteiger partial charge on any atom is 0.521 e. The third-order valence-electron chi connectivity index (χ3n) is 7.27. The summed E-state index contributed by atoms with van der Waals surface area (Å²) in [5.74, 6) is -2.47. The van der Waals surface area contributed by atoms with Gasteiger partial charge < -0.3 is 23.7 Å². The molecule has 0 spiro atoms. The van der Waals surface area contributed by atoms with Crippen molar-refractivity contribution in [2.75, 3.05) is 0 Å². The number of carbonyl (C=O) groups is 1. The Bertz CT molecular complexity index is 2130. The molecule has 9 heteroatoms. The Hall–Kier alpha value is -5.34. The van der Waals surface area contributed by atoms with Gasteiger partial charge in [0.2, 0.25) is 0 Å². The molecule has 1 unspecified atom stereocenters. The zero-order valence-corrected chi connectivity index (χ0v) is 23.8. The van der Waals surface area contributed by atoms with E-state index in [0.717, 1.165) is 16.5 Å². The molecule has 0 saturated carbocycles. The van der Waals surface area contributed by atoms with E-state index in [1.807, 2.05) is 48.5 Å². The van der Waals surface area contributed by atoms with Crippen LogP contribution < -0.4 is 16.1 Å². The number of aromatic nitrogens is 1. The Labute approximate surface area is 249 Å². The summed E-state index contributed by atoms with van der Waals surface area (Å²) in [6, 6.07) is 27.3. The minimum absolute atomic E-state index is 0.0591. The lowest BCUT2D eigenvalue weighted by Gasteiger charge is -2.13. The molecule has 214 valence electrons. The molecule has 0 amide bonds. The topological polar surface area (TPSA) is 123 Å². The molecule has 1 atom stereocenters. The zero-order valence-electron chi connectivity index (χ0n) is 23.0. The van der Waals surface area contributed by atoms with Gasteiger partial charge in [0.1, 0.15) is 5.75 Å². The van der Waals surface area contributed by atoms with Crippen molar-refractivity contribution in [1.82, 2.24) is 4.98 Å². The molecule has 6 rings (SSSR count). The minimum atomic E-state index is -0.962. The molecule has 2 N–H and O–H groups in total. The highest BCUT2D eigenvalue weighted by molar-refractivity contribution is 6.34. The number of H-pyrrole nitrogens is 1. The number of phenolic OH excluding ortho intramolecular Hbond substituents is 1. The van der Waals surface area contributed by atoms with Gasteiger partial charge in [-0.15, -0.1) is 0 Å². The first-order valence-corrected chi connectivity index (χ1v) is 13.7. The van der Waals surface area contributed by atoms with Crippen molar-refractivity contribution in [3.8, 4) is 45.1 Å². The number of fused-ring (bicyclic) bond motifs is 1. The van der Waals surface area contributed by atoms with Gasteiger partial charge in [-0.05, 0) is 58.8 Å². The highest BCUT2D eigenvalue weighted by Gasteiger charge is 2.22. The molecular weight excluding hydrogens is 570 g/mol. The summed E-state index contributed by atoms with van der Waals surface area (Å²) in [4.78, 5) is 40.1. The number of carbonyl (C=O) groups excluding carboxylic acids is 1. The molecule has 0 aliphatic heterocycles. The normalized spacial score (nSPS) is 11.9. The van der Waals surface area contributed by atoms with Crippen molar-refractivity contribution in [2.24, 2.45) is 0 Å². The number of phenols is 1. The van der Waals surface area contributed by atoms with Crippen LogP contribution in [0, 0.1) is 6.92 Å². The number of esters is 1. The number of halogens is 1. The van der Waals surface area contributed by atoms with Crippen LogP contribution in [0.3, 0.4) is 0 Å². The number of nitrogens with one attached hydrogen (secondary N) is 1. The number of ether oxygens (including phenoxy) is 1. The van der Waals surface area contributed by atoms with Gasteiger partial charge in [-0.2, -0.15) is 0 Å². The van der Waals surface area contributed by atoms with Gasteiger partial charge in [-0.3, -0.25) is 9.59 Å². The molecule has 4 aromatic carbocycles. The van der Waals surface area contributed by atoms with E-state index in [2.05, 4.69) is 4.98 Å². The van der Waals surface area contributed by atoms with Gasteiger partial charge in [0.15, 0.2) is 5.76 Å². The SMILES string of the molecule is Cc1oc(=O)oc1OC(=O)C(C)c1cccc(-c2cc3cc(-c4ccc(-c5ccccc5)c(O)c4)c(Cl)cc3[nH]c2=O)c1. The second-order valence-corrected chi connectivity index (χ2v) is 10.5. The Morgan fingerprint density at radius 2 is 1.56 bits per heavy atom. The van der Waals surface area contributed by atoms with Crippen molar-refractivity contribution in [1.29, 1.82) is 0 Å². The van der Waals surface area contributed by atoms with E-state index in [1.165, 1.54) is 6.92 Å². The highest BCUT2D eigenvalue weighted by atomic mass is 35.5. The fourth-order valence-electron chi connectivity index (χ4n) is 4.94. The zero-order chi connectivity index (χ0) is 30.2. The van der Waals surface area contributed by atoms with E-state index in [4.69, 9.17) is 25.2 Å². The largest absolute Gasteiger partial charge is 0.521 e. The second-order valence-electron chi connectivity index (χ2n) is 10.1. The minimum Gasteiger partial charge on any atom is -0.507 e. The Kier molecular flexibility index (Phi) is 7.21. The van der Waals surface area contributed by atoms with Crippen LogP contribution in [0.5, 0.6) is 11.7 Å². The van der Waals surface area contributed by atoms with E-state index in [0.29, 0.717) is 38.4 Å². The highest BCUT2D eigenvalue weighted by Crippen LogP contribution is 2.37. The lowest BCUT2D eigenvalue weighted by Crippen LogP contribution is -2.16. The first kappa shape index (κ1) is 27.8. The van der Waals surface area contributed by atoms with Crippen LogP contribution in [0.4, 0.5) is 0 Å². The predicted octanol–water partition coefficient (Wildman–Crippen LogP) is 7.45. The number of aromatic hydroxyl groups is 1. The summed E-state index contributed by atoms with van der Waals surface area (Å²) in [7, 11) is 0. The Balaban J connectivity index is 1.34. The molecular formula is C34H24ClNO7. The van der Waals surface area contributed by atoms with Crippen molar-refractivity contribution >= 4 is 28.5 Å². The van der Waals surface area contributed by atoms with Gasteiger partial charge in [0.05, 0.1) is 10.9 Å². The van der Waals surface area contributed by atoms with E-state index < -0.39 is 17.7 Å². The van der Waals surface area contributed by atoms with Gasteiger partial charge in [0.25, 0.3) is 5.56 Å². The molecule has 8 nitrogen and oxygen atoms in total. The van der Waals surface area contributed by atoms with Crippen LogP contribution in [0.2, 0.25) is 5.02 Å². The van der Waals surface area contributed by atoms with Crippen molar-refractivity contribution < 1.29 is 23.5 Å². The Morgan fingerprint density at radius 1 is 0.837 bits per heavy atom. The van der Waals surface area contributed by atoms with E-state index in [-0.39, 0.29) is 23.0 Å². The molecule has 6 aromatic rings. The van der Waals surface area contributed by atoms with Crippen LogP contribution in [-0.4, -0.2) is 16.1 Å². The summed E-state index contributed by atoms with van der Waals surface area (Å²) in [6.07, 6.45) is 0. The maximum atomic E-state index is 13.1. The number of rotatable bonds is 6. The third kappa shape index (κ3) is 5.48. The number of hydrogen-bond donors (Lipinski definition) is 2. The fourth-order valence-corrected chi connectivity index (χ4v) is 5.22. The molecule has 0 aliphatic carbocycles. The first-order chi connectivity index (χ1) is 20.7. The monoisotopic (exact) mass is 593 g/mol. The number of hydrogen-bond acceptors (Lipinski definition) is 7. The van der Waals surface area contributed by atoms with E-state index in [9.17, 15) is 19.5 Å². The van der Waals surface area contributed by atoms with Crippen LogP contribution in [-0.2, 0) is 4.79 Å². The molecule has 0 radical (unpaired) electrons.